The van der Waals surface area contributed by atoms with E-state index in [4.69, 9.17) is 0 Å². The number of benzene rings is 1. The molecule has 0 fully saturated rings. The Kier molecular flexibility index (Phi) is 3.86. The minimum absolute atomic E-state index is 0.168. The predicted octanol–water partition coefficient (Wildman–Crippen LogP) is 3.37. The first-order chi connectivity index (χ1) is 8.20. The Labute approximate surface area is 105 Å². The highest BCUT2D eigenvalue weighted by Gasteiger charge is 2.06. The summed E-state index contributed by atoms with van der Waals surface area (Å²) in [5, 5.41) is 6.22. The predicted molar refractivity (Wildman–Crippen MR) is 69.6 cm³/mol. The van der Waals surface area contributed by atoms with Gasteiger partial charge in [-0.3, -0.25) is 0 Å². The van der Waals surface area contributed by atoms with Crippen LogP contribution in [-0.2, 0) is 6.54 Å². The molecule has 2 aromatic rings. The van der Waals surface area contributed by atoms with Crippen LogP contribution < -0.4 is 5.32 Å². The molecule has 1 aromatic heterocycles. The van der Waals surface area contributed by atoms with Gasteiger partial charge in [0.05, 0.1) is 5.69 Å². The van der Waals surface area contributed by atoms with Crippen molar-refractivity contribution < 1.29 is 4.39 Å². The second kappa shape index (κ2) is 5.38. The van der Waals surface area contributed by atoms with Crippen LogP contribution >= 0.6 is 11.3 Å². The van der Waals surface area contributed by atoms with E-state index in [9.17, 15) is 4.39 Å². The lowest BCUT2D eigenvalue weighted by Crippen LogP contribution is -2.11. The van der Waals surface area contributed by atoms with Crippen LogP contribution in [0.4, 0.5) is 4.39 Å². The minimum Gasteiger partial charge on any atom is -0.311 e. The molecule has 1 heterocycles. The molecule has 0 aliphatic carbocycles. The molecule has 0 atom stereocenters. The van der Waals surface area contributed by atoms with Gasteiger partial charge in [-0.1, -0.05) is 6.92 Å². The van der Waals surface area contributed by atoms with Crippen LogP contribution in [0.5, 0.6) is 0 Å². The Morgan fingerprint density at radius 2 is 2.24 bits per heavy atom. The lowest BCUT2D eigenvalue weighted by Gasteiger charge is -2.00. The zero-order valence-corrected chi connectivity index (χ0v) is 10.8. The molecule has 90 valence electrons. The normalized spacial score (nSPS) is 10.8. The fraction of sp³-hybridized carbons (Fsp3) is 0.308. The highest BCUT2D eigenvalue weighted by molar-refractivity contribution is 7.13. The number of aryl methyl sites for hydroxylation is 1. The van der Waals surface area contributed by atoms with Crippen molar-refractivity contribution >= 4 is 11.3 Å². The number of rotatable bonds is 4. The largest absolute Gasteiger partial charge is 0.311 e. The Morgan fingerprint density at radius 1 is 1.41 bits per heavy atom. The summed E-state index contributed by atoms with van der Waals surface area (Å²) in [5.41, 5.74) is 2.68. The molecule has 17 heavy (non-hydrogen) atoms. The van der Waals surface area contributed by atoms with Gasteiger partial charge in [-0.15, -0.1) is 11.3 Å². The average molecular weight is 250 g/mol. The number of nitrogens with one attached hydrogen (secondary N) is 1. The van der Waals surface area contributed by atoms with Crippen LogP contribution in [0.25, 0.3) is 10.6 Å². The average Bonchev–Trinajstić information content (AvgIpc) is 2.79. The van der Waals surface area contributed by atoms with Gasteiger partial charge in [-0.05, 0) is 37.2 Å². The lowest BCUT2D eigenvalue weighted by molar-refractivity contribution is 0.619. The number of thiazole rings is 1. The number of aromatic nitrogens is 1. The van der Waals surface area contributed by atoms with Crippen molar-refractivity contribution in [2.75, 3.05) is 6.54 Å². The van der Waals surface area contributed by atoms with E-state index in [1.165, 1.54) is 6.07 Å². The summed E-state index contributed by atoms with van der Waals surface area (Å²) >= 11 is 1.59. The molecule has 0 amide bonds. The molecule has 1 aromatic carbocycles. The second-order valence-electron chi connectivity index (χ2n) is 3.89. The summed E-state index contributed by atoms with van der Waals surface area (Å²) in [6.45, 7) is 5.55. The third-order valence-corrected chi connectivity index (χ3v) is 3.45. The van der Waals surface area contributed by atoms with Gasteiger partial charge in [-0.2, -0.15) is 0 Å². The Bertz CT molecular complexity index is 508. The van der Waals surface area contributed by atoms with Gasteiger partial charge < -0.3 is 5.32 Å². The maximum Gasteiger partial charge on any atom is 0.126 e. The Morgan fingerprint density at radius 3 is 2.94 bits per heavy atom. The van der Waals surface area contributed by atoms with Crippen LogP contribution in [0, 0.1) is 12.7 Å². The molecule has 0 saturated heterocycles. The van der Waals surface area contributed by atoms with E-state index in [-0.39, 0.29) is 5.82 Å². The first-order valence-corrected chi connectivity index (χ1v) is 6.50. The van der Waals surface area contributed by atoms with Crippen molar-refractivity contribution in [1.82, 2.24) is 10.3 Å². The molecule has 1 N–H and O–H groups in total. The third-order valence-electron chi connectivity index (χ3n) is 2.51. The molecule has 0 bridgehead atoms. The van der Waals surface area contributed by atoms with Gasteiger partial charge in [0.1, 0.15) is 10.8 Å². The van der Waals surface area contributed by atoms with Crippen molar-refractivity contribution in [3.63, 3.8) is 0 Å². The topological polar surface area (TPSA) is 24.9 Å². The molecular weight excluding hydrogens is 235 g/mol. The molecule has 2 rings (SSSR count). The Balaban J connectivity index is 2.21. The SMILES string of the molecule is CCNCc1csc(-c2ccc(F)c(C)c2)n1. The quantitative estimate of drug-likeness (QED) is 0.900. The zero-order chi connectivity index (χ0) is 12.3. The van der Waals surface area contributed by atoms with Gasteiger partial charge in [0.25, 0.3) is 0 Å². The fourth-order valence-electron chi connectivity index (χ4n) is 1.55. The van der Waals surface area contributed by atoms with E-state index >= 15 is 0 Å². The molecule has 0 unspecified atom stereocenters. The summed E-state index contributed by atoms with van der Waals surface area (Å²) < 4.78 is 13.2. The van der Waals surface area contributed by atoms with E-state index < -0.39 is 0 Å². The van der Waals surface area contributed by atoms with Crippen LogP contribution in [0.2, 0.25) is 0 Å². The fourth-order valence-corrected chi connectivity index (χ4v) is 2.37. The summed E-state index contributed by atoms with van der Waals surface area (Å²) in [4.78, 5) is 4.52. The van der Waals surface area contributed by atoms with Gasteiger partial charge in [0.15, 0.2) is 0 Å². The van der Waals surface area contributed by atoms with Gasteiger partial charge in [0.2, 0.25) is 0 Å². The third kappa shape index (κ3) is 2.90. The Hall–Kier alpha value is -1.26. The molecule has 0 aliphatic heterocycles. The van der Waals surface area contributed by atoms with Gasteiger partial charge >= 0.3 is 0 Å². The molecular formula is C13H15FN2S. The zero-order valence-electron chi connectivity index (χ0n) is 9.96. The van der Waals surface area contributed by atoms with Gasteiger partial charge in [-0.25, -0.2) is 9.37 Å². The first-order valence-electron chi connectivity index (χ1n) is 5.62. The van der Waals surface area contributed by atoms with Crippen LogP contribution in [-0.4, -0.2) is 11.5 Å². The van der Waals surface area contributed by atoms with Crippen molar-refractivity contribution in [3.8, 4) is 10.6 Å². The van der Waals surface area contributed by atoms with Crippen LogP contribution in [0.15, 0.2) is 23.6 Å². The maximum absolute atomic E-state index is 13.2. The van der Waals surface area contributed by atoms with Crippen molar-refractivity contribution in [2.45, 2.75) is 20.4 Å². The molecule has 2 nitrogen and oxygen atoms in total. The molecule has 0 spiro atoms. The molecule has 4 heteroatoms. The summed E-state index contributed by atoms with van der Waals surface area (Å²) in [7, 11) is 0. The van der Waals surface area contributed by atoms with E-state index in [0.29, 0.717) is 5.56 Å². The highest BCUT2D eigenvalue weighted by Crippen LogP contribution is 2.25. The molecule has 0 saturated carbocycles. The number of hydrogen-bond donors (Lipinski definition) is 1. The van der Waals surface area contributed by atoms with Crippen LogP contribution in [0.3, 0.4) is 0 Å². The van der Waals surface area contributed by atoms with Crippen molar-refractivity contribution in [1.29, 1.82) is 0 Å². The number of nitrogens with zero attached hydrogens (tertiary/aromatic N) is 1. The van der Waals surface area contributed by atoms with E-state index in [2.05, 4.69) is 17.2 Å². The second-order valence-corrected chi connectivity index (χ2v) is 4.75. The summed E-state index contributed by atoms with van der Waals surface area (Å²) in [6, 6.07) is 5.11. The van der Waals surface area contributed by atoms with E-state index in [1.54, 1.807) is 24.3 Å². The minimum atomic E-state index is -0.168. The highest BCUT2D eigenvalue weighted by atomic mass is 32.1. The first kappa shape index (κ1) is 12.2. The van der Waals surface area contributed by atoms with Crippen LogP contribution in [0.1, 0.15) is 18.2 Å². The number of halogens is 1. The number of hydrogen-bond acceptors (Lipinski definition) is 3. The molecule has 0 aliphatic rings. The van der Waals surface area contributed by atoms with Gasteiger partial charge in [0, 0.05) is 17.5 Å². The standard InChI is InChI=1S/C13H15FN2S/c1-3-15-7-11-8-17-13(16-11)10-4-5-12(14)9(2)6-10/h4-6,8,15H,3,7H2,1-2H3. The van der Waals surface area contributed by atoms with Crippen molar-refractivity contribution in [2.24, 2.45) is 0 Å². The summed E-state index contributed by atoms with van der Waals surface area (Å²) in [5.74, 6) is -0.168. The molecule has 0 radical (unpaired) electrons. The summed E-state index contributed by atoms with van der Waals surface area (Å²) in [6.07, 6.45) is 0. The lowest BCUT2D eigenvalue weighted by atomic mass is 10.1. The van der Waals surface area contributed by atoms with E-state index in [0.717, 1.165) is 29.4 Å². The monoisotopic (exact) mass is 250 g/mol. The van der Waals surface area contributed by atoms with Crippen molar-refractivity contribution in [3.05, 3.63) is 40.7 Å². The van der Waals surface area contributed by atoms with E-state index in [1.807, 2.05) is 11.4 Å². The smallest absolute Gasteiger partial charge is 0.126 e. The maximum atomic E-state index is 13.2.